The molecule has 168 valence electrons. The summed E-state index contributed by atoms with van der Waals surface area (Å²) in [5.74, 6) is 1.96. The molecule has 1 aliphatic rings. The van der Waals surface area contributed by atoms with Gasteiger partial charge < -0.3 is 14.6 Å². The molecule has 0 saturated carbocycles. The van der Waals surface area contributed by atoms with E-state index in [-0.39, 0.29) is 5.92 Å². The molecule has 33 heavy (non-hydrogen) atoms. The highest BCUT2D eigenvalue weighted by molar-refractivity contribution is 6.35. The molecule has 10 heteroatoms. The van der Waals surface area contributed by atoms with Crippen molar-refractivity contribution in [1.82, 2.24) is 24.3 Å². The maximum atomic E-state index is 6.51. The molecule has 1 aliphatic heterocycles. The zero-order valence-corrected chi connectivity index (χ0v) is 19.8. The van der Waals surface area contributed by atoms with E-state index in [4.69, 9.17) is 44.5 Å². The van der Waals surface area contributed by atoms with E-state index < -0.39 is 0 Å². The molecule has 1 unspecified atom stereocenters. The van der Waals surface area contributed by atoms with Crippen LogP contribution in [0.25, 0.3) is 5.69 Å². The number of anilines is 2. The number of ether oxygens (including phenoxy) is 1. The lowest BCUT2D eigenvalue weighted by Gasteiger charge is -2.15. The van der Waals surface area contributed by atoms with Crippen LogP contribution >= 0.6 is 34.8 Å². The van der Waals surface area contributed by atoms with Crippen molar-refractivity contribution in [1.29, 1.82) is 0 Å². The van der Waals surface area contributed by atoms with E-state index in [2.05, 4.69) is 27.6 Å². The third kappa shape index (κ3) is 4.44. The van der Waals surface area contributed by atoms with Gasteiger partial charge in [0.2, 0.25) is 5.95 Å². The van der Waals surface area contributed by atoms with E-state index in [1.807, 2.05) is 35.0 Å². The van der Waals surface area contributed by atoms with Gasteiger partial charge in [0.15, 0.2) is 0 Å². The van der Waals surface area contributed by atoms with Crippen LogP contribution < -0.4 is 10.1 Å². The topological polar surface area (TPSA) is 69.8 Å². The van der Waals surface area contributed by atoms with Crippen molar-refractivity contribution in [3.8, 4) is 11.4 Å². The summed E-state index contributed by atoms with van der Waals surface area (Å²) >= 11 is 18.6. The van der Waals surface area contributed by atoms with Crippen LogP contribution in [0.2, 0.25) is 15.2 Å². The van der Waals surface area contributed by atoms with Crippen molar-refractivity contribution >= 4 is 46.4 Å². The van der Waals surface area contributed by atoms with Crippen molar-refractivity contribution in [3.63, 3.8) is 0 Å². The van der Waals surface area contributed by atoms with Crippen molar-refractivity contribution in [3.05, 3.63) is 87.7 Å². The monoisotopic (exact) mass is 500 g/mol. The van der Waals surface area contributed by atoms with E-state index in [0.717, 1.165) is 29.2 Å². The fourth-order valence-corrected chi connectivity index (χ4v) is 4.58. The SMILES string of the molecule is COc1cc(Nc2nc3n(n2)CC=CCC3c2ccc(Cl)cc2Cl)ccc1-n1cnc(Cl)c1. The van der Waals surface area contributed by atoms with E-state index in [1.54, 1.807) is 30.3 Å². The minimum absolute atomic E-state index is 0.0283. The molecular weight excluding hydrogens is 483 g/mol. The molecule has 0 bridgehead atoms. The van der Waals surface area contributed by atoms with Gasteiger partial charge in [-0.1, -0.05) is 53.0 Å². The predicted octanol–water partition coefficient (Wildman–Crippen LogP) is 6.27. The summed E-state index contributed by atoms with van der Waals surface area (Å²) in [6.45, 7) is 0.634. The van der Waals surface area contributed by atoms with Crippen LogP contribution in [0.4, 0.5) is 11.6 Å². The fraction of sp³-hybridized carbons (Fsp3) is 0.174. The highest BCUT2D eigenvalue weighted by Gasteiger charge is 2.25. The third-order valence-corrected chi connectivity index (χ3v) is 6.19. The first-order valence-electron chi connectivity index (χ1n) is 10.2. The van der Waals surface area contributed by atoms with Crippen molar-refractivity contribution in [2.75, 3.05) is 12.4 Å². The molecular formula is C23H19Cl3N6O. The largest absolute Gasteiger partial charge is 0.494 e. The van der Waals surface area contributed by atoms with Gasteiger partial charge >= 0.3 is 0 Å². The Morgan fingerprint density at radius 1 is 1.09 bits per heavy atom. The molecule has 2 aromatic heterocycles. The molecule has 4 aromatic rings. The first kappa shape index (κ1) is 21.8. The Labute approximate surface area is 205 Å². The number of nitrogens with one attached hydrogen (secondary N) is 1. The number of nitrogens with zero attached hydrogens (tertiary/aromatic N) is 5. The van der Waals surface area contributed by atoms with Crippen molar-refractivity contribution < 1.29 is 4.74 Å². The number of hydrogen-bond donors (Lipinski definition) is 1. The molecule has 0 aliphatic carbocycles. The molecule has 5 rings (SSSR count). The van der Waals surface area contributed by atoms with Crippen LogP contribution in [0, 0.1) is 0 Å². The second-order valence-corrected chi connectivity index (χ2v) is 8.75. The Hall–Kier alpha value is -3.00. The average Bonchev–Trinajstić information content (AvgIpc) is 3.35. The lowest BCUT2D eigenvalue weighted by molar-refractivity contribution is 0.413. The normalized spacial score (nSPS) is 15.2. The summed E-state index contributed by atoms with van der Waals surface area (Å²) in [5.41, 5.74) is 2.58. The summed E-state index contributed by atoms with van der Waals surface area (Å²) < 4.78 is 9.26. The van der Waals surface area contributed by atoms with E-state index in [1.165, 1.54) is 0 Å². The maximum absolute atomic E-state index is 6.51. The van der Waals surface area contributed by atoms with Crippen molar-refractivity contribution in [2.45, 2.75) is 18.9 Å². The summed E-state index contributed by atoms with van der Waals surface area (Å²) in [7, 11) is 1.62. The van der Waals surface area contributed by atoms with E-state index in [9.17, 15) is 0 Å². The Morgan fingerprint density at radius 3 is 2.73 bits per heavy atom. The molecule has 7 nitrogen and oxygen atoms in total. The first-order valence-corrected chi connectivity index (χ1v) is 11.3. The number of methoxy groups -OCH3 is 1. The highest BCUT2D eigenvalue weighted by atomic mass is 35.5. The Morgan fingerprint density at radius 2 is 1.97 bits per heavy atom. The van der Waals surface area contributed by atoms with E-state index >= 15 is 0 Å². The minimum atomic E-state index is -0.0283. The number of benzene rings is 2. The Bertz CT molecular complexity index is 1350. The number of imidazole rings is 1. The molecule has 0 amide bonds. The standard InChI is InChI=1S/C23H19Cl3N6O/c1-33-20-11-15(6-8-19(20)31-12-21(26)27-13-31)28-23-29-22-17(4-2-3-9-32(22)30-23)16-7-5-14(24)10-18(16)25/h2-3,5-8,10-13,17H,4,9H2,1H3,(H,28,30). The first-order chi connectivity index (χ1) is 16.0. The molecule has 0 spiro atoms. The van der Waals surface area contributed by atoms with Gasteiger partial charge in [-0.25, -0.2) is 9.67 Å². The second kappa shape index (κ2) is 9.09. The summed E-state index contributed by atoms with van der Waals surface area (Å²) in [6.07, 6.45) is 8.34. The molecule has 1 N–H and O–H groups in total. The molecule has 1 atom stereocenters. The van der Waals surface area contributed by atoms with Crippen LogP contribution in [0.3, 0.4) is 0 Å². The molecule has 3 heterocycles. The van der Waals surface area contributed by atoms with Gasteiger partial charge in [-0.15, -0.1) is 5.10 Å². The molecule has 0 saturated heterocycles. The zero-order valence-electron chi connectivity index (χ0n) is 17.5. The fourth-order valence-electron chi connectivity index (χ4n) is 3.89. The van der Waals surface area contributed by atoms with Crippen LogP contribution in [-0.4, -0.2) is 31.4 Å². The molecule has 0 radical (unpaired) electrons. The van der Waals surface area contributed by atoms with Crippen molar-refractivity contribution in [2.24, 2.45) is 0 Å². The quantitative estimate of drug-likeness (QED) is 0.326. The van der Waals surface area contributed by atoms with Gasteiger partial charge in [-0.05, 0) is 36.2 Å². The molecule has 0 fully saturated rings. The third-order valence-electron chi connectivity index (χ3n) is 5.43. The number of fused-ring (bicyclic) bond motifs is 1. The summed E-state index contributed by atoms with van der Waals surface area (Å²) in [6, 6.07) is 11.3. The van der Waals surface area contributed by atoms with Gasteiger partial charge in [-0.3, -0.25) is 0 Å². The van der Waals surface area contributed by atoms with E-state index in [0.29, 0.717) is 33.4 Å². The van der Waals surface area contributed by atoms with Crippen LogP contribution in [-0.2, 0) is 6.54 Å². The maximum Gasteiger partial charge on any atom is 0.246 e. The number of aromatic nitrogens is 5. The average molecular weight is 502 g/mol. The highest BCUT2D eigenvalue weighted by Crippen LogP contribution is 2.36. The van der Waals surface area contributed by atoms with Crippen LogP contribution in [0.15, 0.2) is 61.1 Å². The number of allylic oxidation sites excluding steroid dienone is 2. The predicted molar refractivity (Wildman–Crippen MR) is 130 cm³/mol. The number of rotatable bonds is 5. The van der Waals surface area contributed by atoms with Crippen LogP contribution in [0.1, 0.15) is 23.7 Å². The smallest absolute Gasteiger partial charge is 0.246 e. The lowest BCUT2D eigenvalue weighted by atomic mass is 9.95. The van der Waals surface area contributed by atoms with Gasteiger partial charge in [0.25, 0.3) is 0 Å². The summed E-state index contributed by atoms with van der Waals surface area (Å²) in [5, 5.41) is 9.58. The van der Waals surface area contributed by atoms with Gasteiger partial charge in [0, 0.05) is 33.9 Å². The molecule has 2 aromatic carbocycles. The Balaban J connectivity index is 1.45. The minimum Gasteiger partial charge on any atom is -0.494 e. The second-order valence-electron chi connectivity index (χ2n) is 7.52. The summed E-state index contributed by atoms with van der Waals surface area (Å²) in [4.78, 5) is 8.86. The van der Waals surface area contributed by atoms with Gasteiger partial charge in [0.1, 0.15) is 23.1 Å². The Kier molecular flexibility index (Phi) is 6.01. The number of hydrogen-bond acceptors (Lipinski definition) is 5. The van der Waals surface area contributed by atoms with Crippen LogP contribution in [0.5, 0.6) is 5.75 Å². The zero-order chi connectivity index (χ0) is 22.9. The lowest BCUT2D eigenvalue weighted by Crippen LogP contribution is -2.09. The van der Waals surface area contributed by atoms with Gasteiger partial charge in [0.05, 0.1) is 19.3 Å². The number of halogens is 3. The van der Waals surface area contributed by atoms with Gasteiger partial charge in [-0.2, -0.15) is 4.98 Å².